The van der Waals surface area contributed by atoms with Crippen molar-refractivity contribution in [2.45, 2.75) is 49.9 Å². The zero-order valence-corrected chi connectivity index (χ0v) is 10.6. The summed E-state index contributed by atoms with van der Waals surface area (Å²) in [5.41, 5.74) is -1.73. The molecule has 1 saturated carbocycles. The summed E-state index contributed by atoms with van der Waals surface area (Å²) in [4.78, 5) is 11.7. The van der Waals surface area contributed by atoms with E-state index >= 15 is 0 Å². The first-order valence-electron chi connectivity index (χ1n) is 5.99. The standard InChI is InChI=1S/C11H19FN2O2.ClH/c12-11(5-6-13-7-11)10(16)14-8-1-3-9(15)4-2-8;/h8-9,13,15H,1-7H2,(H,14,16);1H. The first-order valence-corrected chi connectivity index (χ1v) is 5.99. The van der Waals surface area contributed by atoms with Crippen LogP contribution in [0.25, 0.3) is 0 Å². The van der Waals surface area contributed by atoms with Crippen LogP contribution in [0.15, 0.2) is 0 Å². The van der Waals surface area contributed by atoms with Gasteiger partial charge in [0.2, 0.25) is 5.67 Å². The van der Waals surface area contributed by atoms with Crippen molar-refractivity contribution in [1.29, 1.82) is 0 Å². The fourth-order valence-electron chi connectivity index (χ4n) is 2.39. The van der Waals surface area contributed by atoms with Crippen LogP contribution in [0.3, 0.4) is 0 Å². The predicted molar refractivity (Wildman–Crippen MR) is 65.0 cm³/mol. The average molecular weight is 267 g/mol. The lowest BCUT2D eigenvalue weighted by Gasteiger charge is -2.28. The summed E-state index contributed by atoms with van der Waals surface area (Å²) in [6.07, 6.45) is 2.90. The number of carbonyl (C=O) groups excluding carboxylic acids is 1. The number of hydrogen-bond donors (Lipinski definition) is 3. The number of carbonyl (C=O) groups is 1. The Balaban J connectivity index is 0.00000144. The maximum Gasteiger partial charge on any atom is 0.259 e. The zero-order valence-electron chi connectivity index (χ0n) is 9.75. The molecule has 1 aliphatic carbocycles. The van der Waals surface area contributed by atoms with Crippen LogP contribution in [0.4, 0.5) is 4.39 Å². The molecule has 0 aromatic heterocycles. The van der Waals surface area contributed by atoms with Crippen LogP contribution in [0, 0.1) is 0 Å². The second-order valence-corrected chi connectivity index (χ2v) is 4.87. The first kappa shape index (κ1) is 14.7. The predicted octanol–water partition coefficient (Wildman–Crippen LogP) is 0.529. The highest BCUT2D eigenvalue weighted by atomic mass is 35.5. The van der Waals surface area contributed by atoms with E-state index in [1.165, 1.54) is 0 Å². The van der Waals surface area contributed by atoms with Crippen LogP contribution >= 0.6 is 12.4 Å². The summed E-state index contributed by atoms with van der Waals surface area (Å²) < 4.78 is 14.0. The largest absolute Gasteiger partial charge is 0.393 e. The number of nitrogens with one attached hydrogen (secondary N) is 2. The van der Waals surface area contributed by atoms with Gasteiger partial charge in [0.1, 0.15) is 0 Å². The summed E-state index contributed by atoms with van der Waals surface area (Å²) >= 11 is 0. The van der Waals surface area contributed by atoms with Crippen LogP contribution in [0.5, 0.6) is 0 Å². The van der Waals surface area contributed by atoms with Gasteiger partial charge in [-0.2, -0.15) is 0 Å². The molecule has 2 rings (SSSR count). The molecule has 0 bridgehead atoms. The highest BCUT2D eigenvalue weighted by molar-refractivity contribution is 5.86. The number of aliphatic hydroxyl groups excluding tert-OH is 1. The minimum Gasteiger partial charge on any atom is -0.393 e. The molecule has 1 unspecified atom stereocenters. The van der Waals surface area contributed by atoms with Crippen molar-refractivity contribution >= 4 is 18.3 Å². The molecule has 17 heavy (non-hydrogen) atoms. The minimum atomic E-state index is -1.73. The van der Waals surface area contributed by atoms with E-state index in [1.54, 1.807) is 0 Å². The summed E-state index contributed by atoms with van der Waals surface area (Å²) in [5, 5.41) is 14.9. The van der Waals surface area contributed by atoms with Crippen LogP contribution < -0.4 is 10.6 Å². The number of aliphatic hydroxyl groups is 1. The van der Waals surface area contributed by atoms with Crippen molar-refractivity contribution in [2.75, 3.05) is 13.1 Å². The molecule has 2 fully saturated rings. The molecule has 0 aromatic rings. The highest BCUT2D eigenvalue weighted by Crippen LogP contribution is 2.23. The summed E-state index contributed by atoms with van der Waals surface area (Å²) in [5.74, 6) is -0.487. The number of rotatable bonds is 2. The maximum atomic E-state index is 14.0. The van der Waals surface area contributed by atoms with Crippen molar-refractivity contribution in [3.63, 3.8) is 0 Å². The Hall–Kier alpha value is -0.390. The van der Waals surface area contributed by atoms with Crippen molar-refractivity contribution in [3.05, 3.63) is 0 Å². The van der Waals surface area contributed by atoms with Crippen LogP contribution in [-0.4, -0.2) is 41.9 Å². The first-order chi connectivity index (χ1) is 7.60. The third-order valence-corrected chi connectivity index (χ3v) is 3.54. The normalized spacial score (nSPS) is 37.3. The van der Waals surface area contributed by atoms with E-state index in [0.717, 1.165) is 12.8 Å². The topological polar surface area (TPSA) is 61.4 Å². The molecular weight excluding hydrogens is 247 g/mol. The van der Waals surface area contributed by atoms with Gasteiger partial charge in [-0.25, -0.2) is 4.39 Å². The van der Waals surface area contributed by atoms with E-state index in [9.17, 15) is 14.3 Å². The Morgan fingerprint density at radius 2 is 2.00 bits per heavy atom. The van der Waals surface area contributed by atoms with Crippen LogP contribution in [0.2, 0.25) is 0 Å². The van der Waals surface area contributed by atoms with Crippen molar-refractivity contribution < 1.29 is 14.3 Å². The van der Waals surface area contributed by atoms with E-state index in [0.29, 0.717) is 19.4 Å². The SMILES string of the molecule is Cl.O=C(NC1CCC(O)CC1)C1(F)CCNC1. The Kier molecular flexibility index (Phi) is 5.16. The molecule has 4 nitrogen and oxygen atoms in total. The molecule has 100 valence electrons. The lowest BCUT2D eigenvalue weighted by Crippen LogP contribution is -2.49. The van der Waals surface area contributed by atoms with Crippen LogP contribution in [-0.2, 0) is 4.79 Å². The lowest BCUT2D eigenvalue weighted by atomic mass is 9.92. The smallest absolute Gasteiger partial charge is 0.259 e. The molecule has 0 aromatic carbocycles. The van der Waals surface area contributed by atoms with Gasteiger partial charge in [0.25, 0.3) is 5.91 Å². The molecule has 0 spiro atoms. The van der Waals surface area contributed by atoms with E-state index < -0.39 is 11.6 Å². The summed E-state index contributed by atoms with van der Waals surface area (Å²) in [6, 6.07) is 0.0316. The molecule has 1 heterocycles. The Morgan fingerprint density at radius 1 is 1.35 bits per heavy atom. The fourth-order valence-corrected chi connectivity index (χ4v) is 2.39. The number of hydrogen-bond acceptors (Lipinski definition) is 3. The van der Waals surface area contributed by atoms with Crippen molar-refractivity contribution in [1.82, 2.24) is 10.6 Å². The van der Waals surface area contributed by atoms with Gasteiger partial charge < -0.3 is 15.7 Å². The maximum absolute atomic E-state index is 14.0. The third-order valence-electron chi connectivity index (χ3n) is 3.54. The van der Waals surface area contributed by atoms with E-state index in [1.807, 2.05) is 0 Å². The van der Waals surface area contributed by atoms with E-state index in [4.69, 9.17) is 0 Å². The number of alkyl halides is 1. The quantitative estimate of drug-likeness (QED) is 0.683. The fraction of sp³-hybridized carbons (Fsp3) is 0.909. The molecule has 1 atom stereocenters. The van der Waals surface area contributed by atoms with E-state index in [2.05, 4.69) is 10.6 Å². The second kappa shape index (κ2) is 5.98. The Morgan fingerprint density at radius 3 is 2.53 bits per heavy atom. The van der Waals surface area contributed by atoms with E-state index in [-0.39, 0.29) is 37.5 Å². The molecule has 3 N–H and O–H groups in total. The van der Waals surface area contributed by atoms with Gasteiger partial charge in [0, 0.05) is 19.0 Å². The second-order valence-electron chi connectivity index (χ2n) is 4.87. The number of halogens is 2. The van der Waals surface area contributed by atoms with Gasteiger partial charge in [0.05, 0.1) is 6.10 Å². The molecular formula is C11H20ClFN2O2. The van der Waals surface area contributed by atoms with Gasteiger partial charge in [-0.05, 0) is 32.2 Å². The third kappa shape index (κ3) is 3.53. The van der Waals surface area contributed by atoms with Gasteiger partial charge >= 0.3 is 0 Å². The average Bonchev–Trinajstić information content (AvgIpc) is 2.70. The van der Waals surface area contributed by atoms with Gasteiger partial charge in [-0.15, -0.1) is 12.4 Å². The van der Waals surface area contributed by atoms with Gasteiger partial charge in [-0.3, -0.25) is 4.79 Å². The van der Waals surface area contributed by atoms with Crippen molar-refractivity contribution in [3.8, 4) is 0 Å². The molecule has 6 heteroatoms. The molecule has 0 radical (unpaired) electrons. The highest BCUT2D eigenvalue weighted by Gasteiger charge is 2.42. The monoisotopic (exact) mass is 266 g/mol. The summed E-state index contributed by atoms with van der Waals surface area (Å²) in [7, 11) is 0. The lowest BCUT2D eigenvalue weighted by molar-refractivity contribution is -0.132. The van der Waals surface area contributed by atoms with Gasteiger partial charge in [-0.1, -0.05) is 0 Å². The van der Waals surface area contributed by atoms with Crippen LogP contribution in [0.1, 0.15) is 32.1 Å². The molecule has 1 saturated heterocycles. The Bertz CT molecular complexity index is 264. The van der Waals surface area contributed by atoms with Crippen molar-refractivity contribution in [2.24, 2.45) is 0 Å². The minimum absolute atomic E-state index is 0. The molecule has 1 amide bonds. The molecule has 2 aliphatic rings. The zero-order chi connectivity index (χ0) is 11.6. The Labute approximate surface area is 107 Å². The number of amides is 1. The summed E-state index contributed by atoms with van der Waals surface area (Å²) in [6.45, 7) is 0.682. The molecule has 1 aliphatic heterocycles. The van der Waals surface area contributed by atoms with Gasteiger partial charge in [0.15, 0.2) is 0 Å².